The van der Waals surface area contributed by atoms with Gasteiger partial charge in [-0.3, -0.25) is 4.79 Å². The molecule has 0 aliphatic heterocycles. The number of rotatable bonds is 6. The largest absolute Gasteiger partial charge is 0.459 e. The maximum atomic E-state index is 13.2. The predicted octanol–water partition coefficient (Wildman–Crippen LogP) is 4.42. The molecule has 0 saturated heterocycles. The van der Waals surface area contributed by atoms with Crippen LogP contribution < -0.4 is 16.0 Å². The molecule has 3 aromatic rings. The molecular formula is C24H27N3O3. The van der Waals surface area contributed by atoms with Crippen LogP contribution in [-0.4, -0.2) is 17.5 Å². The second kappa shape index (κ2) is 8.61. The van der Waals surface area contributed by atoms with Crippen LogP contribution in [0.4, 0.5) is 4.79 Å². The lowest BCUT2D eigenvalue weighted by Gasteiger charge is -2.30. The van der Waals surface area contributed by atoms with Crippen LogP contribution in [0.2, 0.25) is 0 Å². The van der Waals surface area contributed by atoms with Crippen molar-refractivity contribution in [3.63, 3.8) is 0 Å². The highest BCUT2D eigenvalue weighted by atomic mass is 16.3. The first-order valence-corrected chi connectivity index (χ1v) is 10.5. The summed E-state index contributed by atoms with van der Waals surface area (Å²) in [5.74, 6) is 0.536. The first kappa shape index (κ1) is 20.0. The number of hydrogen-bond donors (Lipinski definition) is 3. The van der Waals surface area contributed by atoms with Crippen molar-refractivity contribution in [1.29, 1.82) is 0 Å². The molecule has 0 radical (unpaired) electrons. The van der Waals surface area contributed by atoms with Gasteiger partial charge in [0.25, 0.3) is 0 Å². The Morgan fingerprint density at radius 3 is 2.47 bits per heavy atom. The van der Waals surface area contributed by atoms with E-state index in [1.807, 2.05) is 67.6 Å². The van der Waals surface area contributed by atoms with Crippen LogP contribution in [-0.2, 0) is 11.3 Å². The normalized spacial score (nSPS) is 16.2. The highest BCUT2D eigenvalue weighted by molar-refractivity contribution is 5.91. The van der Waals surface area contributed by atoms with Gasteiger partial charge in [-0.1, -0.05) is 61.4 Å². The van der Waals surface area contributed by atoms with Crippen molar-refractivity contribution in [3.8, 4) is 0 Å². The van der Waals surface area contributed by atoms with Gasteiger partial charge in [0.15, 0.2) is 0 Å². The molecule has 1 fully saturated rings. The maximum absolute atomic E-state index is 13.2. The van der Waals surface area contributed by atoms with Gasteiger partial charge in [0.05, 0.1) is 6.04 Å². The molecule has 1 unspecified atom stereocenters. The number of urea groups is 1. The van der Waals surface area contributed by atoms with Gasteiger partial charge in [-0.2, -0.15) is 0 Å². The van der Waals surface area contributed by atoms with E-state index in [9.17, 15) is 9.59 Å². The lowest BCUT2D eigenvalue weighted by atomic mass is 9.96. The average molecular weight is 405 g/mol. The van der Waals surface area contributed by atoms with Crippen LogP contribution in [0.15, 0.2) is 65.1 Å². The van der Waals surface area contributed by atoms with Gasteiger partial charge in [0.1, 0.15) is 16.9 Å². The van der Waals surface area contributed by atoms with E-state index in [4.69, 9.17) is 4.42 Å². The number of hydrogen-bond acceptors (Lipinski definition) is 3. The quantitative estimate of drug-likeness (QED) is 0.568. The summed E-state index contributed by atoms with van der Waals surface area (Å²) in [7, 11) is 0. The van der Waals surface area contributed by atoms with Crippen LogP contribution in [0.3, 0.4) is 0 Å². The summed E-state index contributed by atoms with van der Waals surface area (Å²) in [4.78, 5) is 25.7. The first-order chi connectivity index (χ1) is 14.6. The van der Waals surface area contributed by atoms with Gasteiger partial charge in [-0.05, 0) is 37.5 Å². The van der Waals surface area contributed by atoms with Crippen molar-refractivity contribution >= 4 is 22.9 Å². The van der Waals surface area contributed by atoms with Gasteiger partial charge in [0.2, 0.25) is 5.91 Å². The Bertz CT molecular complexity index is 989. The molecule has 3 N–H and O–H groups in total. The Hall–Kier alpha value is -3.28. The van der Waals surface area contributed by atoms with Crippen LogP contribution in [0.5, 0.6) is 0 Å². The SMILES string of the molecule is CC(NC(=O)C1(NC(=O)NCc2ccccc2)CCCC1)c1cc2ccccc2o1. The van der Waals surface area contributed by atoms with Gasteiger partial charge in [-0.15, -0.1) is 0 Å². The molecule has 1 aromatic heterocycles. The summed E-state index contributed by atoms with van der Waals surface area (Å²) in [6, 6.07) is 18.8. The van der Waals surface area contributed by atoms with E-state index in [2.05, 4.69) is 16.0 Å². The number of nitrogens with one attached hydrogen (secondary N) is 3. The predicted molar refractivity (Wildman–Crippen MR) is 116 cm³/mol. The molecule has 1 saturated carbocycles. The molecule has 1 heterocycles. The third-order valence-corrected chi connectivity index (χ3v) is 5.76. The molecule has 2 aromatic carbocycles. The highest BCUT2D eigenvalue weighted by Gasteiger charge is 2.43. The van der Waals surface area contributed by atoms with Crippen LogP contribution in [0, 0.1) is 0 Å². The smallest absolute Gasteiger partial charge is 0.315 e. The summed E-state index contributed by atoms with van der Waals surface area (Å²) in [6.45, 7) is 2.31. The number of furan rings is 1. The molecular weight excluding hydrogens is 378 g/mol. The van der Waals surface area contributed by atoms with Gasteiger partial charge < -0.3 is 20.4 Å². The molecule has 0 spiro atoms. The van der Waals surface area contributed by atoms with Crippen molar-refractivity contribution < 1.29 is 14.0 Å². The van der Waals surface area contributed by atoms with Crippen molar-refractivity contribution in [2.24, 2.45) is 0 Å². The van der Waals surface area contributed by atoms with Crippen molar-refractivity contribution in [3.05, 3.63) is 72.0 Å². The van der Waals surface area contributed by atoms with Crippen molar-refractivity contribution in [1.82, 2.24) is 16.0 Å². The number of amides is 3. The van der Waals surface area contributed by atoms with Crippen molar-refractivity contribution in [2.45, 2.75) is 50.7 Å². The topological polar surface area (TPSA) is 83.4 Å². The second-order valence-electron chi connectivity index (χ2n) is 7.96. The Morgan fingerprint density at radius 1 is 1.03 bits per heavy atom. The molecule has 4 rings (SSSR count). The monoisotopic (exact) mass is 405 g/mol. The number of fused-ring (bicyclic) bond motifs is 1. The van der Waals surface area contributed by atoms with Crippen molar-refractivity contribution in [2.75, 3.05) is 0 Å². The van der Waals surface area contributed by atoms with E-state index in [1.54, 1.807) is 0 Å². The van der Waals surface area contributed by atoms with Gasteiger partial charge in [0, 0.05) is 11.9 Å². The average Bonchev–Trinajstić information content (AvgIpc) is 3.41. The fourth-order valence-corrected chi connectivity index (χ4v) is 4.05. The van der Waals surface area contributed by atoms with Crippen LogP contribution >= 0.6 is 0 Å². The zero-order valence-corrected chi connectivity index (χ0v) is 17.1. The molecule has 3 amide bonds. The molecule has 30 heavy (non-hydrogen) atoms. The van der Waals surface area contributed by atoms with E-state index in [0.29, 0.717) is 25.1 Å². The third kappa shape index (κ3) is 4.32. The Kier molecular flexibility index (Phi) is 5.74. The molecule has 1 aliphatic carbocycles. The molecule has 1 aliphatic rings. The highest BCUT2D eigenvalue weighted by Crippen LogP contribution is 2.31. The molecule has 156 valence electrons. The lowest BCUT2D eigenvalue weighted by Crippen LogP contribution is -2.59. The zero-order valence-electron chi connectivity index (χ0n) is 17.1. The van der Waals surface area contributed by atoms with E-state index >= 15 is 0 Å². The molecule has 0 bridgehead atoms. The number of carbonyl (C=O) groups is 2. The lowest BCUT2D eigenvalue weighted by molar-refractivity contribution is -0.127. The Morgan fingerprint density at radius 2 is 1.73 bits per heavy atom. The minimum Gasteiger partial charge on any atom is -0.459 e. The number of benzene rings is 2. The third-order valence-electron chi connectivity index (χ3n) is 5.76. The van der Waals surface area contributed by atoms with Crippen LogP contribution in [0.25, 0.3) is 11.0 Å². The van der Waals surface area contributed by atoms with E-state index in [1.165, 1.54) is 0 Å². The fraction of sp³-hybridized carbons (Fsp3) is 0.333. The summed E-state index contributed by atoms with van der Waals surface area (Å²) in [5, 5.41) is 9.86. The maximum Gasteiger partial charge on any atom is 0.315 e. The summed E-state index contributed by atoms with van der Waals surface area (Å²) >= 11 is 0. The second-order valence-corrected chi connectivity index (χ2v) is 7.96. The fourth-order valence-electron chi connectivity index (χ4n) is 4.05. The van der Waals surface area contributed by atoms with Crippen LogP contribution in [0.1, 0.15) is 50.0 Å². The Balaban J connectivity index is 1.40. The zero-order chi connectivity index (χ0) is 21.0. The summed E-state index contributed by atoms with van der Waals surface area (Å²) in [6.07, 6.45) is 3.08. The summed E-state index contributed by atoms with van der Waals surface area (Å²) < 4.78 is 5.88. The van der Waals surface area contributed by atoms with E-state index in [-0.39, 0.29) is 18.0 Å². The van der Waals surface area contributed by atoms with E-state index < -0.39 is 5.54 Å². The van der Waals surface area contributed by atoms with Gasteiger partial charge in [-0.25, -0.2) is 4.79 Å². The standard InChI is InChI=1S/C24H27N3O3/c1-17(21-15-19-11-5-6-12-20(19)30-21)26-22(28)24(13-7-8-14-24)27-23(29)25-16-18-9-3-2-4-10-18/h2-6,9-12,15,17H,7-8,13-14,16H2,1H3,(H,26,28)(H2,25,27,29). The summed E-state index contributed by atoms with van der Waals surface area (Å²) in [5.41, 5.74) is 0.916. The van der Waals surface area contributed by atoms with E-state index in [0.717, 1.165) is 29.4 Å². The Labute approximate surface area is 176 Å². The number of carbonyl (C=O) groups excluding carboxylic acids is 2. The number of para-hydroxylation sites is 1. The minimum absolute atomic E-state index is 0.164. The van der Waals surface area contributed by atoms with Gasteiger partial charge >= 0.3 is 6.03 Å². The molecule has 6 heteroatoms. The molecule has 1 atom stereocenters. The minimum atomic E-state index is -0.888. The molecule has 6 nitrogen and oxygen atoms in total. The first-order valence-electron chi connectivity index (χ1n) is 10.5.